The van der Waals surface area contributed by atoms with Gasteiger partial charge in [-0.05, 0) is 24.6 Å². The van der Waals surface area contributed by atoms with Gasteiger partial charge in [0.2, 0.25) is 5.91 Å². The van der Waals surface area contributed by atoms with Crippen LogP contribution in [-0.2, 0) is 11.8 Å². The molecule has 0 fully saturated rings. The molecule has 0 radical (unpaired) electrons. The average Bonchev–Trinajstić information content (AvgIpc) is 2.84. The van der Waals surface area contributed by atoms with Gasteiger partial charge in [0.1, 0.15) is 12.1 Å². The number of carbonyl (C=O) groups excluding carboxylic acids is 1. The predicted octanol–water partition coefficient (Wildman–Crippen LogP) is 2.05. The largest absolute Gasteiger partial charge is 0.397 e. The fourth-order valence-electron chi connectivity index (χ4n) is 1.66. The molecule has 21 heavy (non-hydrogen) atoms. The molecule has 2 rings (SSSR count). The number of nitrogens with zero attached hydrogens (tertiary/aromatic N) is 3. The number of aromatic nitrogens is 3. The van der Waals surface area contributed by atoms with E-state index in [9.17, 15) is 9.18 Å². The monoisotopic (exact) mass is 309 g/mol. The van der Waals surface area contributed by atoms with E-state index in [1.807, 2.05) is 11.6 Å². The molecule has 0 saturated heterocycles. The highest BCUT2D eigenvalue weighted by molar-refractivity contribution is 7.99. The number of anilines is 2. The molecule has 1 aromatic carbocycles. The average molecular weight is 309 g/mol. The molecule has 6 nitrogen and oxygen atoms in total. The van der Waals surface area contributed by atoms with Crippen LogP contribution in [0.25, 0.3) is 0 Å². The van der Waals surface area contributed by atoms with Crippen molar-refractivity contribution in [1.29, 1.82) is 0 Å². The van der Waals surface area contributed by atoms with Crippen molar-refractivity contribution in [3.05, 3.63) is 30.3 Å². The summed E-state index contributed by atoms with van der Waals surface area (Å²) in [4.78, 5) is 11.8. The lowest BCUT2D eigenvalue weighted by atomic mass is 10.2. The van der Waals surface area contributed by atoms with Crippen molar-refractivity contribution in [2.75, 3.05) is 16.8 Å². The van der Waals surface area contributed by atoms with E-state index >= 15 is 0 Å². The molecule has 0 aliphatic carbocycles. The number of nitrogen functional groups attached to an aromatic ring is 1. The summed E-state index contributed by atoms with van der Waals surface area (Å²) in [5.41, 5.74) is 6.28. The van der Waals surface area contributed by atoms with Gasteiger partial charge < -0.3 is 15.6 Å². The first-order valence-corrected chi connectivity index (χ1v) is 7.36. The Morgan fingerprint density at radius 2 is 2.33 bits per heavy atom. The molecule has 112 valence electrons. The zero-order chi connectivity index (χ0) is 15.2. The van der Waals surface area contributed by atoms with Crippen molar-refractivity contribution in [3.8, 4) is 0 Å². The van der Waals surface area contributed by atoms with E-state index in [1.54, 1.807) is 18.1 Å². The van der Waals surface area contributed by atoms with Crippen molar-refractivity contribution in [2.45, 2.75) is 18.0 Å². The fraction of sp³-hybridized carbons (Fsp3) is 0.308. The molecular weight excluding hydrogens is 293 g/mol. The van der Waals surface area contributed by atoms with Crippen LogP contribution in [0.1, 0.15) is 12.8 Å². The fourth-order valence-corrected chi connectivity index (χ4v) is 2.49. The Morgan fingerprint density at radius 1 is 1.52 bits per heavy atom. The van der Waals surface area contributed by atoms with Crippen LogP contribution in [0.5, 0.6) is 0 Å². The smallest absolute Gasteiger partial charge is 0.224 e. The normalized spacial score (nSPS) is 10.6. The third kappa shape index (κ3) is 4.45. The van der Waals surface area contributed by atoms with Crippen molar-refractivity contribution >= 4 is 29.0 Å². The second kappa shape index (κ2) is 7.07. The van der Waals surface area contributed by atoms with Crippen molar-refractivity contribution < 1.29 is 9.18 Å². The van der Waals surface area contributed by atoms with Crippen LogP contribution in [0, 0.1) is 5.82 Å². The van der Waals surface area contributed by atoms with Gasteiger partial charge >= 0.3 is 0 Å². The Bertz CT molecular complexity index is 631. The van der Waals surface area contributed by atoms with Crippen LogP contribution >= 0.6 is 11.8 Å². The van der Waals surface area contributed by atoms with Gasteiger partial charge in [-0.2, -0.15) is 0 Å². The molecular formula is C13H16FN5OS. The van der Waals surface area contributed by atoms with Gasteiger partial charge in [-0.3, -0.25) is 4.79 Å². The molecule has 0 aliphatic rings. The van der Waals surface area contributed by atoms with Crippen molar-refractivity contribution in [2.24, 2.45) is 7.05 Å². The maximum absolute atomic E-state index is 12.9. The Hall–Kier alpha value is -2.09. The molecule has 8 heteroatoms. The summed E-state index contributed by atoms with van der Waals surface area (Å²) in [5.74, 6) is 0.191. The summed E-state index contributed by atoms with van der Waals surface area (Å²) in [6.07, 6.45) is 2.69. The zero-order valence-corrected chi connectivity index (χ0v) is 12.4. The minimum absolute atomic E-state index is 0.146. The Labute approximate surface area is 125 Å². The van der Waals surface area contributed by atoms with Gasteiger partial charge in [0, 0.05) is 19.2 Å². The first-order valence-electron chi connectivity index (χ1n) is 6.38. The highest BCUT2D eigenvalue weighted by Gasteiger charge is 2.07. The van der Waals surface area contributed by atoms with Gasteiger partial charge in [-0.1, -0.05) is 11.8 Å². The Kier molecular flexibility index (Phi) is 5.15. The van der Waals surface area contributed by atoms with Crippen molar-refractivity contribution in [1.82, 2.24) is 14.8 Å². The number of rotatable bonds is 6. The quantitative estimate of drug-likeness (QED) is 0.484. The lowest BCUT2D eigenvalue weighted by Crippen LogP contribution is -2.13. The number of hydrogen-bond donors (Lipinski definition) is 2. The summed E-state index contributed by atoms with van der Waals surface area (Å²) in [6, 6.07) is 3.90. The first-order chi connectivity index (χ1) is 10.1. The summed E-state index contributed by atoms with van der Waals surface area (Å²) in [7, 11) is 1.87. The van der Waals surface area contributed by atoms with Crippen LogP contribution in [0.3, 0.4) is 0 Å². The number of carbonyl (C=O) groups is 1. The topological polar surface area (TPSA) is 85.8 Å². The molecule has 1 amide bonds. The van der Waals surface area contributed by atoms with Crippen LogP contribution in [0.2, 0.25) is 0 Å². The van der Waals surface area contributed by atoms with E-state index in [2.05, 4.69) is 15.5 Å². The predicted molar refractivity (Wildman–Crippen MR) is 80.4 cm³/mol. The second-order valence-electron chi connectivity index (χ2n) is 4.46. The highest BCUT2D eigenvalue weighted by atomic mass is 32.2. The summed E-state index contributed by atoms with van der Waals surface area (Å²) in [5, 5.41) is 11.2. The molecule has 0 atom stereocenters. The molecule has 2 aromatic rings. The van der Waals surface area contributed by atoms with Gasteiger partial charge in [0.15, 0.2) is 5.16 Å². The summed E-state index contributed by atoms with van der Waals surface area (Å²) < 4.78 is 14.7. The van der Waals surface area contributed by atoms with E-state index in [1.165, 1.54) is 18.2 Å². The van der Waals surface area contributed by atoms with E-state index in [4.69, 9.17) is 5.73 Å². The van der Waals surface area contributed by atoms with Crippen LogP contribution in [0.15, 0.2) is 29.7 Å². The lowest BCUT2D eigenvalue weighted by Gasteiger charge is -2.08. The first kappa shape index (κ1) is 15.3. The SMILES string of the molecule is Cn1cnnc1SCCCC(=O)Nc1ccc(F)cc1N. The number of aryl methyl sites for hydroxylation is 1. The molecule has 0 bridgehead atoms. The number of nitrogens with one attached hydrogen (secondary N) is 1. The van der Waals surface area contributed by atoms with Gasteiger partial charge in [-0.25, -0.2) is 4.39 Å². The maximum Gasteiger partial charge on any atom is 0.224 e. The second-order valence-corrected chi connectivity index (χ2v) is 5.52. The van der Waals surface area contributed by atoms with Crippen LogP contribution < -0.4 is 11.1 Å². The molecule has 1 aromatic heterocycles. The third-order valence-electron chi connectivity index (χ3n) is 2.74. The van der Waals surface area contributed by atoms with Gasteiger partial charge in [0.05, 0.1) is 11.4 Å². The van der Waals surface area contributed by atoms with Crippen molar-refractivity contribution in [3.63, 3.8) is 0 Å². The molecule has 0 spiro atoms. The van der Waals surface area contributed by atoms with E-state index in [-0.39, 0.29) is 11.6 Å². The standard InChI is InChI=1S/C13H16FN5OS/c1-19-8-16-18-13(19)21-6-2-3-12(20)17-11-5-4-9(14)7-10(11)15/h4-5,7-8H,2-3,6,15H2,1H3,(H,17,20). The number of amides is 1. The molecule has 0 saturated carbocycles. The maximum atomic E-state index is 12.9. The molecule has 0 aliphatic heterocycles. The summed E-state index contributed by atoms with van der Waals surface area (Å²) >= 11 is 1.54. The lowest BCUT2D eigenvalue weighted by molar-refractivity contribution is -0.116. The number of hydrogen-bond acceptors (Lipinski definition) is 5. The zero-order valence-electron chi connectivity index (χ0n) is 11.5. The minimum atomic E-state index is -0.425. The Morgan fingerprint density at radius 3 is 3.00 bits per heavy atom. The van der Waals surface area contributed by atoms with Gasteiger partial charge in [-0.15, -0.1) is 10.2 Å². The van der Waals surface area contributed by atoms with E-state index in [0.717, 1.165) is 10.9 Å². The third-order valence-corrected chi connectivity index (χ3v) is 3.86. The van der Waals surface area contributed by atoms with Gasteiger partial charge in [0.25, 0.3) is 0 Å². The van der Waals surface area contributed by atoms with Crippen LogP contribution in [0.4, 0.5) is 15.8 Å². The number of halogens is 1. The summed E-state index contributed by atoms with van der Waals surface area (Å²) in [6.45, 7) is 0. The Balaban J connectivity index is 1.73. The minimum Gasteiger partial charge on any atom is -0.397 e. The molecule has 3 N–H and O–H groups in total. The van der Waals surface area contributed by atoms with E-state index < -0.39 is 5.82 Å². The van der Waals surface area contributed by atoms with E-state index in [0.29, 0.717) is 18.5 Å². The number of thioether (sulfide) groups is 1. The number of benzene rings is 1. The molecule has 0 unspecified atom stereocenters. The number of nitrogens with two attached hydrogens (primary N) is 1. The highest BCUT2D eigenvalue weighted by Crippen LogP contribution is 2.20. The molecule has 1 heterocycles. The van der Waals surface area contributed by atoms with Crippen LogP contribution in [-0.4, -0.2) is 26.4 Å².